The van der Waals surface area contributed by atoms with E-state index >= 15 is 0 Å². The van der Waals surface area contributed by atoms with E-state index in [-0.39, 0.29) is 0 Å². The highest BCUT2D eigenvalue weighted by Crippen LogP contribution is 2.19. The number of nitrogens with zero attached hydrogens (tertiary/aromatic N) is 1. The van der Waals surface area contributed by atoms with E-state index in [0.29, 0.717) is 18.8 Å². The van der Waals surface area contributed by atoms with Gasteiger partial charge in [-0.3, -0.25) is 0 Å². The fourth-order valence-electron chi connectivity index (χ4n) is 2.29. The van der Waals surface area contributed by atoms with Gasteiger partial charge in [-0.05, 0) is 29.8 Å². The molecular weight excluding hydrogens is 238 g/mol. The van der Waals surface area contributed by atoms with Crippen molar-refractivity contribution in [1.82, 2.24) is 0 Å². The molecule has 3 heteroatoms. The second-order valence-corrected chi connectivity index (χ2v) is 5.13. The van der Waals surface area contributed by atoms with Gasteiger partial charge in [0.25, 0.3) is 0 Å². The van der Waals surface area contributed by atoms with Gasteiger partial charge in [0.1, 0.15) is 6.79 Å². The maximum Gasteiger partial charge on any atom is 0.147 e. The Balaban J connectivity index is 0.000000146. The number of hydrogen-bond acceptors (Lipinski definition) is 3. The molecule has 1 aliphatic heterocycles. The molecule has 0 aromatic rings. The van der Waals surface area contributed by atoms with Crippen molar-refractivity contribution in [1.29, 1.82) is 5.26 Å². The average Bonchev–Trinajstić information content (AvgIpc) is 2.41. The van der Waals surface area contributed by atoms with E-state index in [4.69, 9.17) is 14.7 Å². The minimum Gasteiger partial charge on any atom is -0.355 e. The van der Waals surface area contributed by atoms with Crippen molar-refractivity contribution < 1.29 is 9.47 Å². The maximum atomic E-state index is 8.32. The molecule has 1 fully saturated rings. The molecule has 102 valence electrons. The summed E-state index contributed by atoms with van der Waals surface area (Å²) in [7, 11) is 0. The molecule has 0 radical (unpaired) electrons. The predicted octanol–water partition coefficient (Wildman–Crippen LogP) is 3.34. The van der Waals surface area contributed by atoms with Gasteiger partial charge in [-0.15, -0.1) is 0 Å². The Morgan fingerprint density at radius 3 is 2.68 bits per heavy atom. The summed E-state index contributed by atoms with van der Waals surface area (Å²) < 4.78 is 10.6. The first kappa shape index (κ1) is 14.0. The highest BCUT2D eigenvalue weighted by molar-refractivity contribution is 5.41. The fraction of sp³-hybridized carbons (Fsp3) is 0.562. The van der Waals surface area contributed by atoms with E-state index in [1.54, 1.807) is 0 Å². The van der Waals surface area contributed by atoms with Crippen LogP contribution in [0.2, 0.25) is 0 Å². The van der Waals surface area contributed by atoms with Gasteiger partial charge in [0.2, 0.25) is 0 Å². The van der Waals surface area contributed by atoms with Crippen LogP contribution in [0.15, 0.2) is 18.2 Å². The molecule has 0 aromatic heterocycles. The summed E-state index contributed by atoms with van der Waals surface area (Å²) in [4.78, 5) is 0. The SMILES string of the molecule is CCCCC1COCOC1C.N#Cc1cc2ccc1=2. The summed E-state index contributed by atoms with van der Waals surface area (Å²) in [6.07, 6.45) is 4.21. The lowest BCUT2D eigenvalue weighted by Crippen LogP contribution is -2.31. The molecule has 0 bridgehead atoms. The Labute approximate surface area is 114 Å². The molecule has 0 spiro atoms. The average molecular weight is 259 g/mol. The third kappa shape index (κ3) is 3.34. The van der Waals surface area contributed by atoms with Crippen molar-refractivity contribution in [3.63, 3.8) is 0 Å². The first-order chi connectivity index (χ1) is 9.26. The van der Waals surface area contributed by atoms with Crippen LogP contribution in [0.4, 0.5) is 0 Å². The normalized spacial score (nSPS) is 23.0. The lowest BCUT2D eigenvalue weighted by atomic mass is 9.97. The van der Waals surface area contributed by atoms with Gasteiger partial charge in [0.15, 0.2) is 0 Å². The van der Waals surface area contributed by atoms with Crippen LogP contribution in [-0.2, 0) is 9.47 Å². The quantitative estimate of drug-likeness (QED) is 0.849. The third-order valence-corrected chi connectivity index (χ3v) is 3.79. The van der Waals surface area contributed by atoms with Gasteiger partial charge in [0, 0.05) is 5.92 Å². The first-order valence-corrected chi connectivity index (χ1v) is 7.00. The minimum absolute atomic E-state index is 0.398. The molecule has 0 aromatic carbocycles. The largest absolute Gasteiger partial charge is 0.355 e. The zero-order valence-electron chi connectivity index (χ0n) is 11.7. The molecule has 2 aliphatic carbocycles. The van der Waals surface area contributed by atoms with Crippen molar-refractivity contribution in [3.8, 4) is 6.07 Å². The Morgan fingerprint density at radius 2 is 2.26 bits per heavy atom. The van der Waals surface area contributed by atoms with Crippen molar-refractivity contribution in [3.05, 3.63) is 34.2 Å². The Morgan fingerprint density at radius 1 is 1.42 bits per heavy atom. The standard InChI is InChI=1S/C9H18O2.C7H3N/c1-3-4-5-9-6-10-7-11-8(9)2;8-4-6-3-5-1-2-7(5)6/h8-9H,3-7H2,1-2H3;1-3H. The molecule has 1 heterocycles. The molecular formula is C16H21NO2. The molecule has 1 saturated heterocycles. The second kappa shape index (κ2) is 6.70. The van der Waals surface area contributed by atoms with Crippen molar-refractivity contribution in [2.75, 3.05) is 13.4 Å². The van der Waals surface area contributed by atoms with Crippen LogP contribution in [0.3, 0.4) is 0 Å². The van der Waals surface area contributed by atoms with Crippen LogP contribution in [-0.4, -0.2) is 19.5 Å². The monoisotopic (exact) mass is 259 g/mol. The van der Waals surface area contributed by atoms with Crippen LogP contribution >= 0.6 is 0 Å². The molecule has 0 amide bonds. The van der Waals surface area contributed by atoms with Crippen molar-refractivity contribution >= 4 is 0 Å². The van der Waals surface area contributed by atoms with Gasteiger partial charge >= 0.3 is 0 Å². The summed E-state index contributed by atoms with van der Waals surface area (Å²) in [6, 6.07) is 7.96. The van der Waals surface area contributed by atoms with Crippen LogP contribution in [0.25, 0.3) is 0 Å². The smallest absolute Gasteiger partial charge is 0.147 e. The van der Waals surface area contributed by atoms with Gasteiger partial charge in [-0.2, -0.15) is 5.26 Å². The van der Waals surface area contributed by atoms with Gasteiger partial charge in [0.05, 0.1) is 24.3 Å². The van der Waals surface area contributed by atoms with E-state index in [9.17, 15) is 0 Å². The van der Waals surface area contributed by atoms with Gasteiger partial charge < -0.3 is 9.47 Å². The van der Waals surface area contributed by atoms with E-state index < -0.39 is 0 Å². The molecule has 0 saturated carbocycles. The Hall–Kier alpha value is -1.37. The minimum atomic E-state index is 0.398. The van der Waals surface area contributed by atoms with E-state index in [0.717, 1.165) is 17.4 Å². The first-order valence-electron chi connectivity index (χ1n) is 7.00. The lowest BCUT2D eigenvalue weighted by Gasteiger charge is -2.28. The third-order valence-electron chi connectivity index (χ3n) is 3.79. The molecule has 3 rings (SSSR count). The fourth-order valence-corrected chi connectivity index (χ4v) is 2.29. The summed E-state index contributed by atoms with van der Waals surface area (Å²) in [5, 5.41) is 10.7. The van der Waals surface area contributed by atoms with Crippen LogP contribution in [0, 0.1) is 27.7 Å². The van der Waals surface area contributed by atoms with Crippen molar-refractivity contribution in [2.45, 2.75) is 39.2 Å². The van der Waals surface area contributed by atoms with Crippen LogP contribution < -0.4 is 0 Å². The van der Waals surface area contributed by atoms with Gasteiger partial charge in [-0.1, -0.05) is 31.9 Å². The lowest BCUT2D eigenvalue weighted by molar-refractivity contribution is -0.165. The summed E-state index contributed by atoms with van der Waals surface area (Å²) in [5.41, 5.74) is 0.836. The number of unbranched alkanes of at least 4 members (excludes halogenated alkanes) is 1. The Bertz CT molecular complexity index is 547. The summed E-state index contributed by atoms with van der Waals surface area (Å²) >= 11 is 0. The van der Waals surface area contributed by atoms with Crippen molar-refractivity contribution in [2.24, 2.45) is 5.92 Å². The van der Waals surface area contributed by atoms with Gasteiger partial charge in [-0.25, -0.2) is 0 Å². The molecule has 19 heavy (non-hydrogen) atoms. The maximum absolute atomic E-state index is 8.32. The second-order valence-electron chi connectivity index (χ2n) is 5.13. The zero-order valence-corrected chi connectivity index (χ0v) is 11.7. The summed E-state index contributed by atoms with van der Waals surface area (Å²) in [5.74, 6) is 0.628. The number of rotatable bonds is 3. The molecule has 2 unspecified atom stereocenters. The number of benzene rings is 1. The topological polar surface area (TPSA) is 42.2 Å². The number of ether oxygens (including phenoxy) is 2. The number of nitriles is 1. The number of hydrogen-bond donors (Lipinski definition) is 0. The highest BCUT2D eigenvalue weighted by atomic mass is 16.7. The zero-order chi connectivity index (χ0) is 13.7. The van der Waals surface area contributed by atoms with E-state index in [2.05, 4.69) is 19.9 Å². The van der Waals surface area contributed by atoms with E-state index in [1.165, 1.54) is 24.5 Å². The molecule has 2 atom stereocenters. The molecule has 3 nitrogen and oxygen atoms in total. The molecule has 0 N–H and O–H groups in total. The van der Waals surface area contributed by atoms with E-state index in [1.807, 2.05) is 18.2 Å². The Kier molecular flexibility index (Phi) is 4.95. The van der Waals surface area contributed by atoms with Crippen LogP contribution in [0.1, 0.15) is 38.7 Å². The summed E-state index contributed by atoms with van der Waals surface area (Å²) in [6.45, 7) is 5.74. The highest BCUT2D eigenvalue weighted by Gasteiger charge is 2.21. The molecule has 3 aliphatic rings. The predicted molar refractivity (Wildman–Crippen MR) is 73.2 cm³/mol. The van der Waals surface area contributed by atoms with Crippen LogP contribution in [0.5, 0.6) is 0 Å².